The van der Waals surface area contributed by atoms with E-state index >= 15 is 0 Å². The van der Waals surface area contributed by atoms with Crippen molar-refractivity contribution in [2.75, 3.05) is 26.1 Å². The van der Waals surface area contributed by atoms with Gasteiger partial charge in [-0.25, -0.2) is 0 Å². The molecule has 2 fully saturated rings. The number of ether oxygens (including phenoxy) is 2. The Balaban J connectivity index is 1.60. The van der Waals surface area contributed by atoms with E-state index in [-0.39, 0.29) is 18.2 Å². The summed E-state index contributed by atoms with van der Waals surface area (Å²) in [6.07, 6.45) is 4.79. The average Bonchev–Trinajstić information content (AvgIpc) is 3.07. The van der Waals surface area contributed by atoms with E-state index < -0.39 is 0 Å². The number of methoxy groups -OCH3 is 2. The highest BCUT2D eigenvalue weighted by molar-refractivity contribution is 6.00. The van der Waals surface area contributed by atoms with Crippen LogP contribution in [-0.4, -0.2) is 43.5 Å². The molecule has 6 heteroatoms. The summed E-state index contributed by atoms with van der Waals surface area (Å²) >= 11 is 0. The first-order chi connectivity index (χ1) is 15.0. The van der Waals surface area contributed by atoms with Crippen LogP contribution in [0.15, 0.2) is 36.4 Å². The molecule has 1 aliphatic heterocycles. The summed E-state index contributed by atoms with van der Waals surface area (Å²) in [5, 5.41) is 2.93. The third-order valence-corrected chi connectivity index (χ3v) is 6.52. The van der Waals surface area contributed by atoms with Gasteiger partial charge < -0.3 is 19.7 Å². The predicted molar refractivity (Wildman–Crippen MR) is 120 cm³/mol. The monoisotopic (exact) mass is 422 g/mol. The van der Waals surface area contributed by atoms with Crippen LogP contribution >= 0.6 is 0 Å². The third-order valence-electron chi connectivity index (χ3n) is 6.52. The smallest absolute Gasteiger partial charge is 0.254 e. The maximum Gasteiger partial charge on any atom is 0.254 e. The highest BCUT2D eigenvalue weighted by atomic mass is 16.5. The molecule has 1 aliphatic carbocycles. The molecule has 0 radical (unpaired) electrons. The van der Waals surface area contributed by atoms with Gasteiger partial charge in [-0.15, -0.1) is 0 Å². The highest BCUT2D eigenvalue weighted by Crippen LogP contribution is 2.40. The molecule has 2 aromatic rings. The second-order valence-electron chi connectivity index (χ2n) is 8.55. The number of hydrogen-bond acceptors (Lipinski definition) is 4. The summed E-state index contributed by atoms with van der Waals surface area (Å²) in [7, 11) is 3.06. The molecule has 2 aromatic carbocycles. The summed E-state index contributed by atoms with van der Waals surface area (Å²) in [4.78, 5) is 28.1. The zero-order valence-corrected chi connectivity index (χ0v) is 18.4. The van der Waals surface area contributed by atoms with Crippen LogP contribution in [0, 0.1) is 12.8 Å². The van der Waals surface area contributed by atoms with Gasteiger partial charge in [0.25, 0.3) is 5.91 Å². The van der Waals surface area contributed by atoms with Crippen molar-refractivity contribution in [2.24, 2.45) is 5.92 Å². The minimum absolute atomic E-state index is 0.00949. The number of hydrogen-bond donors (Lipinski definition) is 1. The molecule has 31 heavy (non-hydrogen) atoms. The fraction of sp³-hybridized carbons (Fsp3) is 0.440. The summed E-state index contributed by atoms with van der Waals surface area (Å²) in [5.41, 5.74) is 2.98. The Hall–Kier alpha value is -3.02. The van der Waals surface area contributed by atoms with Crippen molar-refractivity contribution < 1.29 is 19.1 Å². The maximum absolute atomic E-state index is 13.3. The number of carbonyl (C=O) groups is 2. The van der Waals surface area contributed by atoms with Gasteiger partial charge in [-0.2, -0.15) is 0 Å². The number of aryl methyl sites for hydroxylation is 1. The number of amides is 2. The van der Waals surface area contributed by atoms with Crippen molar-refractivity contribution in [2.45, 2.75) is 45.1 Å². The third kappa shape index (κ3) is 4.38. The number of rotatable bonds is 6. The molecule has 1 N–H and O–H groups in total. The number of likely N-dealkylation sites (tertiary alicyclic amines) is 1. The standard InChI is InChI=1S/C25H30N2O4/c1-16-7-4-5-9-18(16)14-23(28)26-21-12-19(13-22(30-2)24(21)31-3)25(29)27-15-17-8-6-10-20(27)11-17/h4-5,7,9,12-13,17,20H,6,8,10-11,14-15H2,1-3H3,(H,26,28)/t17-,20+/m1/s1. The van der Waals surface area contributed by atoms with E-state index in [1.165, 1.54) is 27.1 Å². The molecule has 6 nitrogen and oxygen atoms in total. The predicted octanol–water partition coefficient (Wildman–Crippen LogP) is 4.21. The molecule has 0 spiro atoms. The van der Waals surface area contributed by atoms with Crippen molar-refractivity contribution in [3.05, 3.63) is 53.1 Å². The maximum atomic E-state index is 13.3. The molecule has 1 heterocycles. The molecule has 2 aliphatic rings. The minimum Gasteiger partial charge on any atom is -0.493 e. The van der Waals surface area contributed by atoms with Gasteiger partial charge in [0.2, 0.25) is 5.91 Å². The second kappa shape index (κ2) is 9.00. The topological polar surface area (TPSA) is 67.9 Å². The summed E-state index contributed by atoms with van der Waals surface area (Å²) < 4.78 is 11.0. The molecular weight excluding hydrogens is 392 g/mol. The van der Waals surface area contributed by atoms with E-state index in [0.717, 1.165) is 30.5 Å². The highest BCUT2D eigenvalue weighted by Gasteiger charge is 2.38. The Labute approximate surface area is 183 Å². The Morgan fingerprint density at radius 1 is 1.13 bits per heavy atom. The Bertz CT molecular complexity index is 987. The van der Waals surface area contributed by atoms with E-state index in [1.54, 1.807) is 12.1 Å². The van der Waals surface area contributed by atoms with Gasteiger partial charge in [-0.05, 0) is 55.4 Å². The number of carbonyl (C=O) groups excluding carboxylic acids is 2. The zero-order chi connectivity index (χ0) is 22.0. The van der Waals surface area contributed by atoms with Gasteiger partial charge in [-0.3, -0.25) is 9.59 Å². The van der Waals surface area contributed by atoms with Crippen LogP contribution in [0.3, 0.4) is 0 Å². The zero-order valence-electron chi connectivity index (χ0n) is 18.4. The van der Waals surface area contributed by atoms with E-state index in [2.05, 4.69) is 5.32 Å². The number of nitrogens with one attached hydrogen (secondary N) is 1. The molecule has 2 amide bonds. The summed E-state index contributed by atoms with van der Waals surface area (Å²) in [5.74, 6) is 1.27. The normalized spacial score (nSPS) is 19.8. The Morgan fingerprint density at radius 3 is 2.65 bits per heavy atom. The molecule has 1 saturated carbocycles. The molecule has 0 aromatic heterocycles. The lowest BCUT2D eigenvalue weighted by atomic mass is 9.90. The van der Waals surface area contributed by atoms with Gasteiger partial charge in [0.05, 0.1) is 26.3 Å². The van der Waals surface area contributed by atoms with Crippen molar-refractivity contribution >= 4 is 17.5 Å². The summed E-state index contributed by atoms with van der Waals surface area (Å²) in [6.45, 7) is 2.80. The molecule has 164 valence electrons. The van der Waals surface area contributed by atoms with Crippen LogP contribution in [-0.2, 0) is 11.2 Å². The first-order valence-electron chi connectivity index (χ1n) is 10.9. The second-order valence-corrected chi connectivity index (χ2v) is 8.55. The van der Waals surface area contributed by atoms with Crippen LogP contribution in [0.5, 0.6) is 11.5 Å². The average molecular weight is 423 g/mol. The van der Waals surface area contributed by atoms with Crippen molar-refractivity contribution in [1.29, 1.82) is 0 Å². The minimum atomic E-state index is -0.170. The lowest BCUT2D eigenvalue weighted by Crippen LogP contribution is -2.35. The lowest BCUT2D eigenvalue weighted by Gasteiger charge is -2.25. The lowest BCUT2D eigenvalue weighted by molar-refractivity contribution is -0.115. The van der Waals surface area contributed by atoms with E-state index in [9.17, 15) is 9.59 Å². The Kier molecular flexibility index (Phi) is 6.16. The fourth-order valence-corrected chi connectivity index (χ4v) is 4.91. The number of anilines is 1. The van der Waals surface area contributed by atoms with Gasteiger partial charge in [0, 0.05) is 18.2 Å². The van der Waals surface area contributed by atoms with Crippen molar-refractivity contribution in [3.63, 3.8) is 0 Å². The molecule has 2 bridgehead atoms. The van der Waals surface area contributed by atoms with E-state index in [0.29, 0.717) is 34.7 Å². The van der Waals surface area contributed by atoms with Crippen LogP contribution < -0.4 is 14.8 Å². The molecule has 1 saturated heterocycles. The van der Waals surface area contributed by atoms with Gasteiger partial charge in [-0.1, -0.05) is 30.7 Å². The van der Waals surface area contributed by atoms with Gasteiger partial charge >= 0.3 is 0 Å². The van der Waals surface area contributed by atoms with Crippen molar-refractivity contribution in [3.8, 4) is 11.5 Å². The van der Waals surface area contributed by atoms with Crippen LogP contribution in [0.1, 0.15) is 47.2 Å². The first-order valence-corrected chi connectivity index (χ1v) is 10.9. The quantitative estimate of drug-likeness (QED) is 0.757. The summed E-state index contributed by atoms with van der Waals surface area (Å²) in [6, 6.07) is 11.5. The molecule has 4 rings (SSSR count). The van der Waals surface area contributed by atoms with E-state index in [1.807, 2.05) is 36.1 Å². The molecule has 2 atom stereocenters. The number of benzene rings is 2. The van der Waals surface area contributed by atoms with E-state index in [4.69, 9.17) is 9.47 Å². The first kappa shape index (κ1) is 21.2. The van der Waals surface area contributed by atoms with Crippen LogP contribution in [0.25, 0.3) is 0 Å². The van der Waals surface area contributed by atoms with Gasteiger partial charge in [0.1, 0.15) is 0 Å². The molecular formula is C25H30N2O4. The fourth-order valence-electron chi connectivity index (χ4n) is 4.91. The van der Waals surface area contributed by atoms with Gasteiger partial charge in [0.15, 0.2) is 11.5 Å². The molecule has 0 unspecified atom stereocenters. The largest absolute Gasteiger partial charge is 0.493 e. The van der Waals surface area contributed by atoms with Crippen LogP contribution in [0.2, 0.25) is 0 Å². The number of nitrogens with zero attached hydrogens (tertiary/aromatic N) is 1. The Morgan fingerprint density at radius 2 is 1.94 bits per heavy atom. The SMILES string of the molecule is COc1cc(C(=O)N2C[C@@H]3CCC[C@H]2C3)cc(NC(=O)Cc2ccccc2C)c1OC. The number of fused-ring (bicyclic) bond motifs is 2. The van der Waals surface area contributed by atoms with Crippen molar-refractivity contribution in [1.82, 2.24) is 4.90 Å². The van der Waals surface area contributed by atoms with Crippen LogP contribution in [0.4, 0.5) is 5.69 Å².